The molecule has 8 heteroatoms. The lowest BCUT2D eigenvalue weighted by Gasteiger charge is -2.13. The first kappa shape index (κ1) is 20.9. The predicted octanol–water partition coefficient (Wildman–Crippen LogP) is 4.09. The van der Waals surface area contributed by atoms with Crippen molar-refractivity contribution in [3.05, 3.63) is 75.3 Å². The molecule has 2 heterocycles. The zero-order chi connectivity index (χ0) is 23.1. The van der Waals surface area contributed by atoms with Crippen molar-refractivity contribution in [1.29, 1.82) is 0 Å². The molecule has 1 aliphatic heterocycles. The molecular formula is C25H20ClN3O4. The molecule has 0 aliphatic carbocycles. The van der Waals surface area contributed by atoms with Crippen molar-refractivity contribution >= 4 is 40.1 Å². The van der Waals surface area contributed by atoms with Crippen LogP contribution < -0.4 is 24.8 Å². The Morgan fingerprint density at radius 2 is 1.67 bits per heavy atom. The summed E-state index contributed by atoms with van der Waals surface area (Å²) in [5, 5.41) is 13.5. The molecule has 0 saturated carbocycles. The largest absolute Gasteiger partial charge is 0.494 e. The standard InChI is InChI=1S/C25H20ClN3O4/c1-31-21-10-14(11-22(32-2)23(21)33-3)24-27-19-6-4-13(9-20(19)28-24)8-17-16-12-15(26)5-7-18(16)29-25(17)30/h4-12,29-30H,1-3H3/b13-8-. The van der Waals surface area contributed by atoms with Gasteiger partial charge in [0, 0.05) is 27.1 Å². The number of aromatic amines is 1. The van der Waals surface area contributed by atoms with Crippen molar-refractivity contribution in [3.8, 4) is 23.1 Å². The summed E-state index contributed by atoms with van der Waals surface area (Å²) < 4.78 is 16.3. The summed E-state index contributed by atoms with van der Waals surface area (Å²) >= 11 is 6.15. The van der Waals surface area contributed by atoms with E-state index in [0.29, 0.717) is 33.7 Å². The molecule has 7 nitrogen and oxygen atoms in total. The normalized spacial score (nSPS) is 13.0. The first-order valence-electron chi connectivity index (χ1n) is 10.1. The highest BCUT2D eigenvalue weighted by atomic mass is 35.5. The molecule has 1 aliphatic rings. The zero-order valence-corrected chi connectivity index (χ0v) is 18.9. The van der Waals surface area contributed by atoms with E-state index in [2.05, 4.69) is 9.98 Å². The molecule has 3 aromatic carbocycles. The highest BCUT2D eigenvalue weighted by molar-refractivity contribution is 6.31. The van der Waals surface area contributed by atoms with Crippen LogP contribution in [0.25, 0.3) is 17.0 Å². The van der Waals surface area contributed by atoms with E-state index in [1.807, 2.05) is 48.5 Å². The first-order chi connectivity index (χ1) is 16.0. The molecule has 33 heavy (non-hydrogen) atoms. The molecule has 1 aromatic heterocycles. The van der Waals surface area contributed by atoms with Crippen LogP contribution in [0.1, 0.15) is 11.1 Å². The third kappa shape index (κ3) is 3.66. The van der Waals surface area contributed by atoms with Crippen LogP contribution in [0.4, 0.5) is 5.69 Å². The number of nitrogens with zero attached hydrogens (tertiary/aromatic N) is 2. The summed E-state index contributed by atoms with van der Waals surface area (Å²) in [6, 6.07) is 14.8. The van der Waals surface area contributed by atoms with Crippen molar-refractivity contribution in [2.24, 2.45) is 9.98 Å². The van der Waals surface area contributed by atoms with Gasteiger partial charge in [-0.05, 0) is 53.8 Å². The molecule has 5 rings (SSSR count). The van der Waals surface area contributed by atoms with E-state index in [1.54, 1.807) is 27.4 Å². The summed E-state index contributed by atoms with van der Waals surface area (Å²) in [5.41, 5.74) is 2.94. The number of methoxy groups -OCH3 is 3. The van der Waals surface area contributed by atoms with Crippen molar-refractivity contribution < 1.29 is 19.3 Å². The number of hydrogen-bond donors (Lipinski definition) is 2. The van der Waals surface area contributed by atoms with E-state index in [-0.39, 0.29) is 5.88 Å². The van der Waals surface area contributed by atoms with E-state index >= 15 is 0 Å². The van der Waals surface area contributed by atoms with Crippen LogP contribution in [-0.4, -0.2) is 37.3 Å². The minimum absolute atomic E-state index is 0.0825. The van der Waals surface area contributed by atoms with Gasteiger partial charge >= 0.3 is 0 Å². The molecule has 2 N–H and O–H groups in total. The van der Waals surface area contributed by atoms with Crippen LogP contribution in [-0.2, 0) is 0 Å². The summed E-state index contributed by atoms with van der Waals surface area (Å²) in [5.74, 6) is 2.20. The second-order valence-corrected chi connectivity index (χ2v) is 7.87. The van der Waals surface area contributed by atoms with Gasteiger partial charge in [-0.3, -0.25) is 0 Å². The van der Waals surface area contributed by atoms with Gasteiger partial charge in [0.2, 0.25) is 5.75 Å². The Morgan fingerprint density at radius 1 is 0.909 bits per heavy atom. The number of halogens is 1. The van der Waals surface area contributed by atoms with Crippen LogP contribution in [0.2, 0.25) is 5.02 Å². The van der Waals surface area contributed by atoms with E-state index in [0.717, 1.165) is 32.7 Å². The first-order valence-corrected chi connectivity index (χ1v) is 10.5. The SMILES string of the molecule is COc1cc(C2=Nc3c/c(=C\c4c(O)[nH]c5ccc(Cl)cc45)ccc3=N2)cc(OC)c1OC. The fourth-order valence-electron chi connectivity index (χ4n) is 3.89. The maximum Gasteiger partial charge on any atom is 0.203 e. The summed E-state index contributed by atoms with van der Waals surface area (Å²) in [6.07, 6.45) is 1.89. The number of H-pyrrole nitrogens is 1. The maximum absolute atomic E-state index is 10.4. The average molecular weight is 462 g/mol. The van der Waals surface area contributed by atoms with Crippen molar-refractivity contribution in [3.63, 3.8) is 0 Å². The molecule has 0 saturated heterocycles. The smallest absolute Gasteiger partial charge is 0.203 e. The molecule has 166 valence electrons. The van der Waals surface area contributed by atoms with Crippen LogP contribution >= 0.6 is 11.6 Å². The number of rotatable bonds is 5. The molecule has 0 amide bonds. The fraction of sp³-hybridized carbons (Fsp3) is 0.120. The highest BCUT2D eigenvalue weighted by Gasteiger charge is 2.18. The monoisotopic (exact) mass is 461 g/mol. The van der Waals surface area contributed by atoms with Gasteiger partial charge in [0.25, 0.3) is 0 Å². The predicted molar refractivity (Wildman–Crippen MR) is 128 cm³/mol. The van der Waals surface area contributed by atoms with Gasteiger partial charge in [0.15, 0.2) is 23.2 Å². The quantitative estimate of drug-likeness (QED) is 0.468. The number of ether oxygens (including phenoxy) is 3. The Bertz CT molecular complexity index is 1530. The summed E-state index contributed by atoms with van der Waals surface area (Å²) in [6.45, 7) is 0. The lowest BCUT2D eigenvalue weighted by molar-refractivity contribution is 0.324. The number of fused-ring (bicyclic) bond motifs is 2. The van der Waals surface area contributed by atoms with Gasteiger partial charge < -0.3 is 24.3 Å². The van der Waals surface area contributed by atoms with E-state index in [9.17, 15) is 5.11 Å². The Morgan fingerprint density at radius 3 is 2.36 bits per heavy atom. The van der Waals surface area contributed by atoms with Gasteiger partial charge in [-0.2, -0.15) is 0 Å². The Hall–Kier alpha value is -3.97. The molecule has 0 radical (unpaired) electrons. The Balaban J connectivity index is 1.58. The van der Waals surface area contributed by atoms with E-state index < -0.39 is 0 Å². The summed E-state index contributed by atoms with van der Waals surface area (Å²) in [7, 11) is 4.70. The second kappa shape index (κ2) is 8.18. The van der Waals surface area contributed by atoms with Crippen LogP contribution in [0.15, 0.2) is 58.5 Å². The van der Waals surface area contributed by atoms with Crippen molar-refractivity contribution in [1.82, 2.24) is 4.98 Å². The minimum atomic E-state index is 0.0825. The number of benzene rings is 3. The molecule has 0 unspecified atom stereocenters. The molecule has 4 aromatic rings. The average Bonchev–Trinajstić information content (AvgIpc) is 3.38. The van der Waals surface area contributed by atoms with Crippen LogP contribution in [0, 0.1) is 0 Å². The molecule has 0 spiro atoms. The van der Waals surface area contributed by atoms with Gasteiger partial charge in [-0.15, -0.1) is 0 Å². The van der Waals surface area contributed by atoms with Crippen LogP contribution in [0.3, 0.4) is 0 Å². The topological polar surface area (TPSA) is 88.4 Å². The second-order valence-electron chi connectivity index (χ2n) is 7.43. The number of hydrogen-bond acceptors (Lipinski definition) is 6. The van der Waals surface area contributed by atoms with Crippen LogP contribution in [0.5, 0.6) is 23.1 Å². The maximum atomic E-state index is 10.4. The Labute approximate surface area is 194 Å². The molecule has 0 fully saturated rings. The molecule has 0 atom stereocenters. The lowest BCUT2D eigenvalue weighted by atomic mass is 10.1. The number of amidine groups is 1. The highest BCUT2D eigenvalue weighted by Crippen LogP contribution is 2.38. The zero-order valence-electron chi connectivity index (χ0n) is 18.1. The van der Waals surface area contributed by atoms with E-state index in [1.165, 1.54) is 0 Å². The van der Waals surface area contributed by atoms with Crippen molar-refractivity contribution in [2.75, 3.05) is 21.3 Å². The summed E-state index contributed by atoms with van der Waals surface area (Å²) in [4.78, 5) is 12.3. The van der Waals surface area contributed by atoms with Gasteiger partial charge in [0.1, 0.15) is 0 Å². The van der Waals surface area contributed by atoms with Gasteiger partial charge in [-0.1, -0.05) is 17.7 Å². The van der Waals surface area contributed by atoms with Gasteiger partial charge in [0.05, 0.1) is 32.4 Å². The number of nitrogens with one attached hydrogen (secondary N) is 1. The van der Waals surface area contributed by atoms with Crippen molar-refractivity contribution in [2.45, 2.75) is 0 Å². The molecular weight excluding hydrogens is 442 g/mol. The number of aromatic nitrogens is 1. The Kier molecular flexibility index (Phi) is 5.18. The lowest BCUT2D eigenvalue weighted by Crippen LogP contribution is -2.07. The number of aliphatic imine (C=N–C) groups is 1. The third-order valence-electron chi connectivity index (χ3n) is 5.47. The van der Waals surface area contributed by atoms with E-state index in [4.69, 9.17) is 30.8 Å². The third-order valence-corrected chi connectivity index (χ3v) is 5.70. The number of aromatic hydroxyl groups is 1. The minimum Gasteiger partial charge on any atom is -0.494 e. The van der Waals surface area contributed by atoms with Gasteiger partial charge in [-0.25, -0.2) is 9.98 Å². The fourth-order valence-corrected chi connectivity index (χ4v) is 4.06. The molecule has 0 bridgehead atoms.